The van der Waals surface area contributed by atoms with Gasteiger partial charge >= 0.3 is 0 Å². The second kappa shape index (κ2) is 9.59. The first-order valence-electron chi connectivity index (χ1n) is 11.7. The molecule has 0 saturated heterocycles. The van der Waals surface area contributed by atoms with Crippen molar-refractivity contribution >= 4 is 44.7 Å². The first-order valence-corrected chi connectivity index (χ1v) is 14.5. The van der Waals surface area contributed by atoms with Crippen molar-refractivity contribution in [2.24, 2.45) is 22.5 Å². The van der Waals surface area contributed by atoms with Crippen LogP contribution in [-0.2, 0) is 32.7 Å². The molecule has 2 unspecified atom stereocenters. The topological polar surface area (TPSA) is 118 Å². The van der Waals surface area contributed by atoms with Crippen LogP contribution in [0.25, 0.3) is 0 Å². The van der Waals surface area contributed by atoms with Crippen LogP contribution in [0, 0.1) is 16.7 Å². The number of fused-ring (bicyclic) bond motifs is 3. The number of hydrogen-bond acceptors (Lipinski definition) is 6. The number of amides is 1. The van der Waals surface area contributed by atoms with Gasteiger partial charge in [-0.1, -0.05) is 43.6 Å². The standard InChI is InChI=1S/C15H15ClN2OS.C10H16O4S/c16-12-4-2-1-3-11(12)14(15(17)19)18-7-5-13-10(9-18)6-8-20-13;1-9(2)7-3-4-10(9,8(11)5-7)6-15(12,13)14/h1-4,6,8,14H,5,7,9H2,(H2,17,19);7H,3-6H2,1-2H3,(H,12,13,14)/t;7?,10-/m.1/s1. The zero-order valence-electron chi connectivity index (χ0n) is 19.9. The largest absolute Gasteiger partial charge is 0.368 e. The van der Waals surface area contributed by atoms with Gasteiger partial charge in [0.15, 0.2) is 0 Å². The molecule has 2 aliphatic carbocycles. The maximum Gasteiger partial charge on any atom is 0.265 e. The van der Waals surface area contributed by atoms with Crippen molar-refractivity contribution in [2.75, 3.05) is 12.3 Å². The maximum atomic E-state index is 11.9. The van der Waals surface area contributed by atoms with Crippen LogP contribution in [0.2, 0.25) is 5.02 Å². The van der Waals surface area contributed by atoms with Crippen LogP contribution in [0.4, 0.5) is 0 Å². The number of benzene rings is 1. The molecule has 1 aromatic heterocycles. The van der Waals surface area contributed by atoms with Gasteiger partial charge < -0.3 is 5.73 Å². The van der Waals surface area contributed by atoms with Crippen molar-refractivity contribution in [3.63, 3.8) is 0 Å². The van der Waals surface area contributed by atoms with E-state index in [0.29, 0.717) is 17.9 Å². The molecule has 7 nitrogen and oxygen atoms in total. The maximum absolute atomic E-state index is 11.9. The summed E-state index contributed by atoms with van der Waals surface area (Å²) in [6, 6.07) is 9.08. The lowest BCUT2D eigenvalue weighted by atomic mass is 9.70. The number of carbonyl (C=O) groups is 2. The first-order chi connectivity index (χ1) is 16.4. The van der Waals surface area contributed by atoms with Crippen LogP contribution in [0.15, 0.2) is 35.7 Å². The van der Waals surface area contributed by atoms with Gasteiger partial charge in [-0.2, -0.15) is 8.42 Å². The zero-order valence-corrected chi connectivity index (χ0v) is 22.3. The summed E-state index contributed by atoms with van der Waals surface area (Å²) in [6.45, 7) is 5.46. The third-order valence-corrected chi connectivity index (χ3v) is 10.5. The van der Waals surface area contributed by atoms with Crippen molar-refractivity contribution in [3.8, 4) is 0 Å². The molecule has 1 aliphatic heterocycles. The number of Topliss-reactive ketones (excluding diaryl/α,β-unsaturated/α-hetero) is 1. The smallest absolute Gasteiger partial charge is 0.265 e. The summed E-state index contributed by atoms with van der Waals surface area (Å²) < 4.78 is 31.0. The Labute approximate surface area is 215 Å². The van der Waals surface area contributed by atoms with Gasteiger partial charge in [0.05, 0.1) is 11.2 Å². The van der Waals surface area contributed by atoms with Gasteiger partial charge in [0.2, 0.25) is 5.91 Å². The number of rotatable bonds is 5. The van der Waals surface area contributed by atoms with Crippen LogP contribution >= 0.6 is 22.9 Å². The average molecular weight is 539 g/mol. The number of carbonyl (C=O) groups excluding carboxylic acids is 2. The van der Waals surface area contributed by atoms with E-state index < -0.39 is 27.3 Å². The normalized spacial score (nSPS) is 26.1. The van der Waals surface area contributed by atoms with Crippen LogP contribution in [-0.4, -0.2) is 41.9 Å². The average Bonchev–Trinajstić information content (AvgIpc) is 3.37. The minimum absolute atomic E-state index is 0.0152. The highest BCUT2D eigenvalue weighted by atomic mass is 35.5. The molecule has 2 heterocycles. The lowest BCUT2D eigenvalue weighted by molar-refractivity contribution is -0.128. The molecule has 3 aliphatic rings. The summed E-state index contributed by atoms with van der Waals surface area (Å²) in [5, 5.41) is 2.69. The Morgan fingerprint density at radius 2 is 2.03 bits per heavy atom. The number of hydrogen-bond donors (Lipinski definition) is 2. The van der Waals surface area contributed by atoms with Gasteiger partial charge in [-0.15, -0.1) is 11.3 Å². The molecule has 2 bridgehead atoms. The highest BCUT2D eigenvalue weighted by Gasteiger charge is 2.65. The number of primary amides is 1. The van der Waals surface area contributed by atoms with E-state index in [-0.39, 0.29) is 23.0 Å². The van der Waals surface area contributed by atoms with Crippen molar-refractivity contribution in [2.45, 2.75) is 52.1 Å². The molecule has 2 saturated carbocycles. The summed E-state index contributed by atoms with van der Waals surface area (Å²) in [6.07, 6.45) is 2.93. The summed E-state index contributed by atoms with van der Waals surface area (Å²) in [4.78, 5) is 27.3. The fraction of sp³-hybridized carbons (Fsp3) is 0.520. The molecule has 10 heteroatoms. The molecule has 2 fully saturated rings. The molecular weight excluding hydrogens is 508 g/mol. The molecule has 0 radical (unpaired) electrons. The molecule has 5 rings (SSSR count). The van der Waals surface area contributed by atoms with Crippen molar-refractivity contribution in [1.29, 1.82) is 0 Å². The number of nitrogens with two attached hydrogens (primary N) is 1. The predicted octanol–water partition coefficient (Wildman–Crippen LogP) is 4.26. The van der Waals surface area contributed by atoms with Gasteiger partial charge in [-0.25, -0.2) is 0 Å². The van der Waals surface area contributed by atoms with E-state index in [1.165, 1.54) is 10.4 Å². The van der Waals surface area contributed by atoms with Crippen LogP contribution < -0.4 is 5.73 Å². The van der Waals surface area contributed by atoms with E-state index in [2.05, 4.69) is 16.3 Å². The number of ketones is 1. The molecule has 3 atom stereocenters. The van der Waals surface area contributed by atoms with Gasteiger partial charge in [0.1, 0.15) is 11.8 Å². The predicted molar refractivity (Wildman–Crippen MR) is 137 cm³/mol. The third-order valence-electron chi connectivity index (χ3n) is 8.24. The van der Waals surface area contributed by atoms with E-state index in [4.69, 9.17) is 21.9 Å². The molecule has 0 spiro atoms. The number of thiophene rings is 1. The Morgan fingerprint density at radius 1 is 1.31 bits per heavy atom. The van der Waals surface area contributed by atoms with Gasteiger partial charge in [0, 0.05) is 29.4 Å². The Balaban J connectivity index is 0.000000172. The van der Waals surface area contributed by atoms with Gasteiger partial charge in [0.25, 0.3) is 10.1 Å². The van der Waals surface area contributed by atoms with Crippen molar-refractivity contribution < 1.29 is 22.6 Å². The van der Waals surface area contributed by atoms with E-state index in [9.17, 15) is 18.0 Å². The summed E-state index contributed by atoms with van der Waals surface area (Å²) in [5.41, 5.74) is 6.59. The fourth-order valence-corrected chi connectivity index (χ4v) is 8.57. The Kier molecular flexibility index (Phi) is 7.20. The molecule has 35 heavy (non-hydrogen) atoms. The van der Waals surface area contributed by atoms with Gasteiger partial charge in [-0.3, -0.25) is 19.0 Å². The first kappa shape index (κ1) is 26.3. The number of halogens is 1. The minimum Gasteiger partial charge on any atom is -0.368 e. The lowest BCUT2D eigenvalue weighted by Gasteiger charge is -2.35. The molecule has 2 aromatic rings. The summed E-state index contributed by atoms with van der Waals surface area (Å²) in [5.74, 6) is -0.451. The van der Waals surface area contributed by atoms with E-state index in [0.717, 1.165) is 31.5 Å². The highest BCUT2D eigenvalue weighted by molar-refractivity contribution is 7.85. The second-order valence-electron chi connectivity index (χ2n) is 10.3. The second-order valence-corrected chi connectivity index (χ2v) is 13.2. The zero-order chi connectivity index (χ0) is 25.6. The van der Waals surface area contributed by atoms with E-state index >= 15 is 0 Å². The quantitative estimate of drug-likeness (QED) is 0.549. The lowest BCUT2D eigenvalue weighted by Crippen LogP contribution is -2.42. The van der Waals surface area contributed by atoms with E-state index in [1.54, 1.807) is 17.4 Å². The summed E-state index contributed by atoms with van der Waals surface area (Å²) in [7, 11) is -4.08. The van der Waals surface area contributed by atoms with Gasteiger partial charge in [-0.05, 0) is 59.2 Å². The molecule has 1 aromatic carbocycles. The third kappa shape index (κ3) is 4.93. The summed E-state index contributed by atoms with van der Waals surface area (Å²) >= 11 is 8.01. The highest BCUT2D eigenvalue weighted by Crippen LogP contribution is 2.64. The number of nitrogens with zero attached hydrogens (tertiary/aromatic N) is 1. The Hall–Kier alpha value is -1.78. The fourth-order valence-electron chi connectivity index (χ4n) is 6.14. The van der Waals surface area contributed by atoms with Crippen LogP contribution in [0.1, 0.15) is 55.2 Å². The Bertz CT molecular complexity index is 1240. The van der Waals surface area contributed by atoms with Crippen molar-refractivity contribution in [1.82, 2.24) is 4.90 Å². The SMILES string of the molecule is CC1(C)C2CC[C@@]1(CS(=O)(=O)O)C(=O)C2.NC(=O)C(c1ccccc1Cl)N1CCc2sccc2C1. The monoisotopic (exact) mass is 538 g/mol. The van der Waals surface area contributed by atoms with Crippen LogP contribution in [0.3, 0.4) is 0 Å². The molecule has 1 amide bonds. The molecular formula is C25H31ClN2O5S2. The molecule has 3 N–H and O–H groups in total. The minimum atomic E-state index is -4.08. The molecule has 190 valence electrons. The van der Waals surface area contributed by atoms with E-state index in [1.807, 2.05) is 32.0 Å². The van der Waals surface area contributed by atoms with Crippen LogP contribution in [0.5, 0.6) is 0 Å². The Morgan fingerprint density at radius 3 is 2.60 bits per heavy atom. The van der Waals surface area contributed by atoms with Crippen molar-refractivity contribution in [3.05, 3.63) is 56.7 Å².